The monoisotopic (exact) mass is 405 g/mol. The van der Waals surface area contributed by atoms with Crippen LogP contribution in [0.1, 0.15) is 43.0 Å². The molecule has 144 valence electrons. The first-order chi connectivity index (χ1) is 12.9. The predicted octanol–water partition coefficient (Wildman–Crippen LogP) is 2.85. The van der Waals surface area contributed by atoms with Gasteiger partial charge in [-0.3, -0.25) is 4.79 Å². The van der Waals surface area contributed by atoms with Crippen molar-refractivity contribution in [2.45, 2.75) is 43.5 Å². The molecule has 1 aromatic carbocycles. The van der Waals surface area contributed by atoms with Crippen molar-refractivity contribution < 1.29 is 13.2 Å². The lowest BCUT2D eigenvalue weighted by molar-refractivity contribution is 0.0915. The number of fused-ring (bicyclic) bond motifs is 5. The summed E-state index contributed by atoms with van der Waals surface area (Å²) < 4.78 is 27.3. The van der Waals surface area contributed by atoms with Crippen molar-refractivity contribution in [3.8, 4) is 0 Å². The molecule has 0 radical (unpaired) electrons. The van der Waals surface area contributed by atoms with Crippen LogP contribution in [-0.4, -0.2) is 37.8 Å². The number of carbonyl (C=O) groups excluding carboxylic acids is 1. The first-order valence-electron chi connectivity index (χ1n) is 9.62. The van der Waals surface area contributed by atoms with Gasteiger partial charge in [0.2, 0.25) is 0 Å². The Morgan fingerprint density at radius 3 is 2.93 bits per heavy atom. The van der Waals surface area contributed by atoms with Gasteiger partial charge >= 0.3 is 0 Å². The summed E-state index contributed by atoms with van der Waals surface area (Å²) in [4.78, 5) is 15.6. The van der Waals surface area contributed by atoms with Crippen LogP contribution in [0.15, 0.2) is 27.5 Å². The Balaban J connectivity index is 1.32. The SMILES string of the molecule is C[C@@H](NC(=O)c1ccc2c(c1)SC1=NS(=O)(=O)CCN12)[C@H]1C[C@H]2CC[C@H]1C2. The lowest BCUT2D eigenvalue weighted by atomic mass is 9.84. The Morgan fingerprint density at radius 1 is 1.33 bits per heavy atom. The molecule has 27 heavy (non-hydrogen) atoms. The molecule has 2 aliphatic carbocycles. The van der Waals surface area contributed by atoms with Gasteiger partial charge in [-0.15, -0.1) is 4.40 Å². The highest BCUT2D eigenvalue weighted by Crippen LogP contribution is 2.49. The minimum Gasteiger partial charge on any atom is -0.349 e. The van der Waals surface area contributed by atoms with Crippen molar-refractivity contribution in [3.63, 3.8) is 0 Å². The molecule has 8 heteroatoms. The number of nitrogens with zero attached hydrogens (tertiary/aromatic N) is 2. The van der Waals surface area contributed by atoms with E-state index in [4.69, 9.17) is 0 Å². The summed E-state index contributed by atoms with van der Waals surface area (Å²) in [5.74, 6) is 2.22. The molecule has 1 amide bonds. The topological polar surface area (TPSA) is 78.8 Å². The number of sulfonamides is 1. The van der Waals surface area contributed by atoms with Gasteiger partial charge in [-0.05, 0) is 73.9 Å². The van der Waals surface area contributed by atoms with Gasteiger partial charge in [0.05, 0.1) is 11.4 Å². The van der Waals surface area contributed by atoms with Crippen molar-refractivity contribution >= 4 is 38.5 Å². The molecule has 2 fully saturated rings. The Morgan fingerprint density at radius 2 is 2.19 bits per heavy atom. The van der Waals surface area contributed by atoms with Gasteiger partial charge in [-0.2, -0.15) is 0 Å². The van der Waals surface area contributed by atoms with E-state index in [1.54, 1.807) is 0 Å². The van der Waals surface area contributed by atoms with Gasteiger partial charge in [0.1, 0.15) is 0 Å². The van der Waals surface area contributed by atoms with Crippen LogP contribution in [-0.2, 0) is 10.0 Å². The number of thioether (sulfide) groups is 1. The summed E-state index contributed by atoms with van der Waals surface area (Å²) in [5.41, 5.74) is 1.56. The van der Waals surface area contributed by atoms with Gasteiger partial charge in [-0.25, -0.2) is 8.42 Å². The fourth-order valence-corrected chi connectivity index (χ4v) is 7.47. The molecule has 4 aliphatic rings. The number of amidine groups is 1. The van der Waals surface area contributed by atoms with Crippen LogP contribution in [0, 0.1) is 17.8 Å². The molecule has 2 aliphatic heterocycles. The maximum Gasteiger partial charge on any atom is 0.257 e. The number of hydrogen-bond acceptors (Lipinski definition) is 5. The average molecular weight is 406 g/mol. The smallest absolute Gasteiger partial charge is 0.257 e. The maximum atomic E-state index is 12.8. The number of anilines is 1. The number of nitrogens with one attached hydrogen (secondary N) is 1. The Kier molecular flexibility index (Phi) is 4.05. The molecular formula is C19H23N3O3S2. The first-order valence-corrected chi connectivity index (χ1v) is 12.0. The van der Waals surface area contributed by atoms with E-state index in [1.807, 2.05) is 23.1 Å². The summed E-state index contributed by atoms with van der Waals surface area (Å²) in [7, 11) is -3.36. The van der Waals surface area contributed by atoms with E-state index < -0.39 is 10.0 Å². The Labute approximate surface area is 163 Å². The van der Waals surface area contributed by atoms with Crippen LogP contribution in [0.4, 0.5) is 5.69 Å². The minimum absolute atomic E-state index is 0.0276. The standard InChI is InChI=1S/C19H23N3O3S2/c1-11(15-9-12-2-3-13(15)8-12)20-18(23)14-4-5-16-17(10-14)26-19-21-27(24,25)7-6-22(16)19/h4-5,10-13,15H,2-3,6-9H2,1H3,(H,20,23)/t11-,12+,13+,15-/m1/s1. The molecule has 1 N–H and O–H groups in total. The highest BCUT2D eigenvalue weighted by molar-refractivity contribution is 8.15. The zero-order valence-electron chi connectivity index (χ0n) is 15.2. The van der Waals surface area contributed by atoms with E-state index in [2.05, 4.69) is 16.6 Å². The maximum absolute atomic E-state index is 12.8. The lowest BCUT2D eigenvalue weighted by Gasteiger charge is -2.28. The van der Waals surface area contributed by atoms with Crippen molar-refractivity contribution in [3.05, 3.63) is 23.8 Å². The Bertz CT molecular complexity index is 944. The molecule has 4 atom stereocenters. The van der Waals surface area contributed by atoms with E-state index >= 15 is 0 Å². The molecule has 2 heterocycles. The van der Waals surface area contributed by atoms with Gasteiger partial charge in [0.25, 0.3) is 15.9 Å². The number of benzene rings is 1. The molecule has 1 aromatic rings. The number of amides is 1. The summed E-state index contributed by atoms with van der Waals surface area (Å²) in [5, 5.41) is 3.69. The molecule has 2 bridgehead atoms. The van der Waals surface area contributed by atoms with Gasteiger partial charge in [0, 0.05) is 23.0 Å². The average Bonchev–Trinajstić information content (AvgIpc) is 3.33. The number of rotatable bonds is 3. The molecule has 0 aromatic heterocycles. The minimum atomic E-state index is -3.36. The first kappa shape index (κ1) is 17.6. The second-order valence-electron chi connectivity index (χ2n) is 8.20. The second kappa shape index (κ2) is 6.24. The largest absolute Gasteiger partial charge is 0.349 e. The van der Waals surface area contributed by atoms with E-state index in [9.17, 15) is 13.2 Å². The van der Waals surface area contributed by atoms with Gasteiger partial charge < -0.3 is 10.2 Å². The lowest BCUT2D eigenvalue weighted by Crippen LogP contribution is -2.40. The van der Waals surface area contributed by atoms with E-state index in [-0.39, 0.29) is 17.7 Å². The molecule has 2 saturated carbocycles. The van der Waals surface area contributed by atoms with E-state index in [0.29, 0.717) is 23.2 Å². The fourth-order valence-electron chi connectivity index (χ4n) is 5.18. The zero-order valence-corrected chi connectivity index (χ0v) is 16.9. The van der Waals surface area contributed by atoms with Crippen LogP contribution in [0.25, 0.3) is 0 Å². The third kappa shape index (κ3) is 3.06. The summed E-state index contributed by atoms with van der Waals surface area (Å²) in [6, 6.07) is 5.78. The molecule has 0 spiro atoms. The van der Waals surface area contributed by atoms with Crippen LogP contribution in [0.3, 0.4) is 0 Å². The zero-order chi connectivity index (χ0) is 18.8. The summed E-state index contributed by atoms with van der Waals surface area (Å²) in [6.07, 6.45) is 5.25. The van der Waals surface area contributed by atoms with E-state index in [1.165, 1.54) is 37.4 Å². The molecule has 5 rings (SSSR count). The van der Waals surface area contributed by atoms with Crippen molar-refractivity contribution in [2.75, 3.05) is 17.2 Å². The van der Waals surface area contributed by atoms with Crippen LogP contribution in [0.5, 0.6) is 0 Å². The molecule has 0 saturated heterocycles. The number of hydrogen-bond donors (Lipinski definition) is 1. The summed E-state index contributed by atoms with van der Waals surface area (Å²) >= 11 is 1.32. The third-order valence-corrected chi connectivity index (χ3v) is 8.84. The van der Waals surface area contributed by atoms with E-state index in [0.717, 1.165) is 22.4 Å². The normalized spacial score (nSPS) is 31.2. The summed E-state index contributed by atoms with van der Waals surface area (Å²) in [6.45, 7) is 2.54. The molecule has 0 unspecified atom stereocenters. The third-order valence-electron chi connectivity index (χ3n) is 6.53. The van der Waals surface area contributed by atoms with Crippen molar-refractivity contribution in [1.82, 2.24) is 5.32 Å². The highest BCUT2D eigenvalue weighted by atomic mass is 32.2. The molecular weight excluding hydrogens is 382 g/mol. The Hall–Kier alpha value is -1.54. The van der Waals surface area contributed by atoms with Crippen molar-refractivity contribution in [2.24, 2.45) is 22.2 Å². The molecule has 6 nitrogen and oxygen atoms in total. The predicted molar refractivity (Wildman–Crippen MR) is 107 cm³/mol. The van der Waals surface area contributed by atoms with Gasteiger partial charge in [0.15, 0.2) is 5.17 Å². The number of carbonyl (C=O) groups is 1. The van der Waals surface area contributed by atoms with Gasteiger partial charge in [-0.1, -0.05) is 6.42 Å². The van der Waals surface area contributed by atoms with Crippen LogP contribution < -0.4 is 10.2 Å². The fraction of sp³-hybridized carbons (Fsp3) is 0.579. The van der Waals surface area contributed by atoms with Crippen LogP contribution >= 0.6 is 11.8 Å². The quantitative estimate of drug-likeness (QED) is 0.837. The second-order valence-corrected chi connectivity index (χ2v) is 11.0. The van der Waals surface area contributed by atoms with Crippen molar-refractivity contribution in [1.29, 1.82) is 0 Å². The van der Waals surface area contributed by atoms with Crippen LogP contribution in [0.2, 0.25) is 0 Å². The highest BCUT2D eigenvalue weighted by Gasteiger charge is 2.42.